The minimum Gasteiger partial charge on any atom is -0.384 e. The summed E-state index contributed by atoms with van der Waals surface area (Å²) < 4.78 is 0. The second kappa shape index (κ2) is 4.68. The lowest BCUT2D eigenvalue weighted by atomic mass is 10.3. The van der Waals surface area contributed by atoms with Crippen molar-refractivity contribution in [1.29, 1.82) is 0 Å². The molecule has 1 aliphatic rings. The number of aryl methyl sites for hydroxylation is 1. The van der Waals surface area contributed by atoms with Gasteiger partial charge in [0.05, 0.1) is 0 Å². The Kier molecular flexibility index (Phi) is 3.27. The largest absolute Gasteiger partial charge is 0.384 e. The molecule has 0 aliphatic heterocycles. The topological polar surface area (TPSA) is 55.0 Å². The summed E-state index contributed by atoms with van der Waals surface area (Å²) in [6.45, 7) is 5.19. The van der Waals surface area contributed by atoms with E-state index in [1.54, 1.807) is 0 Å². The molecule has 4 heteroatoms. The normalized spacial score (nSPS) is 15.1. The Balaban J connectivity index is 2.16. The van der Waals surface area contributed by atoms with Crippen LogP contribution in [0.1, 0.15) is 38.4 Å². The van der Waals surface area contributed by atoms with E-state index in [0.717, 1.165) is 18.2 Å². The smallest absolute Gasteiger partial charge is 0.134 e. The van der Waals surface area contributed by atoms with Crippen molar-refractivity contribution in [2.45, 2.75) is 45.6 Å². The fraction of sp³-hybridized carbons (Fsp3) is 0.667. The van der Waals surface area contributed by atoms with Crippen LogP contribution in [-0.2, 0) is 0 Å². The van der Waals surface area contributed by atoms with E-state index in [1.165, 1.54) is 25.7 Å². The molecule has 0 spiro atoms. The maximum absolute atomic E-state index is 5.77. The van der Waals surface area contributed by atoms with E-state index in [1.807, 2.05) is 13.0 Å². The molecule has 0 saturated heterocycles. The van der Waals surface area contributed by atoms with Crippen LogP contribution >= 0.6 is 0 Å². The highest BCUT2D eigenvalue weighted by Gasteiger charge is 2.29. The summed E-state index contributed by atoms with van der Waals surface area (Å²) >= 11 is 0. The summed E-state index contributed by atoms with van der Waals surface area (Å²) in [5, 5.41) is 0. The molecule has 16 heavy (non-hydrogen) atoms. The Morgan fingerprint density at radius 1 is 1.44 bits per heavy atom. The van der Waals surface area contributed by atoms with Gasteiger partial charge in [-0.3, -0.25) is 0 Å². The van der Waals surface area contributed by atoms with Gasteiger partial charge in [-0.05, 0) is 26.2 Å². The number of hydrogen-bond donors (Lipinski definition) is 1. The summed E-state index contributed by atoms with van der Waals surface area (Å²) in [4.78, 5) is 11.0. The predicted molar refractivity (Wildman–Crippen MR) is 66.5 cm³/mol. The molecule has 4 nitrogen and oxygen atoms in total. The molecule has 0 bridgehead atoms. The minimum absolute atomic E-state index is 0.574. The zero-order chi connectivity index (χ0) is 11.5. The van der Waals surface area contributed by atoms with E-state index in [9.17, 15) is 0 Å². The van der Waals surface area contributed by atoms with Gasteiger partial charge < -0.3 is 10.6 Å². The van der Waals surface area contributed by atoms with Crippen LogP contribution in [-0.4, -0.2) is 22.6 Å². The summed E-state index contributed by atoms with van der Waals surface area (Å²) in [6, 6.07) is 2.57. The van der Waals surface area contributed by atoms with Gasteiger partial charge >= 0.3 is 0 Å². The summed E-state index contributed by atoms with van der Waals surface area (Å²) in [7, 11) is 0. The molecule has 1 aromatic heterocycles. The Morgan fingerprint density at radius 3 is 2.75 bits per heavy atom. The molecule has 1 heterocycles. The quantitative estimate of drug-likeness (QED) is 0.826. The standard InChI is InChI=1S/C12H20N4/c1-3-4-7-16(10-5-6-10)12-8-11(13)14-9(2)15-12/h8,10H,3-7H2,1-2H3,(H2,13,14,15). The van der Waals surface area contributed by atoms with Crippen molar-refractivity contribution in [3.8, 4) is 0 Å². The third-order valence-electron chi connectivity index (χ3n) is 2.88. The van der Waals surface area contributed by atoms with Crippen LogP contribution in [0.3, 0.4) is 0 Å². The van der Waals surface area contributed by atoms with E-state index in [-0.39, 0.29) is 0 Å². The molecule has 0 atom stereocenters. The lowest BCUT2D eigenvalue weighted by Gasteiger charge is -2.23. The monoisotopic (exact) mass is 220 g/mol. The average molecular weight is 220 g/mol. The van der Waals surface area contributed by atoms with Crippen molar-refractivity contribution in [2.24, 2.45) is 0 Å². The van der Waals surface area contributed by atoms with Crippen LogP contribution in [0.25, 0.3) is 0 Å². The molecule has 1 fully saturated rings. The number of unbranched alkanes of at least 4 members (excludes halogenated alkanes) is 1. The fourth-order valence-corrected chi connectivity index (χ4v) is 1.92. The number of rotatable bonds is 5. The highest BCUT2D eigenvalue weighted by atomic mass is 15.2. The van der Waals surface area contributed by atoms with Crippen LogP contribution in [0.15, 0.2) is 6.07 Å². The molecule has 0 amide bonds. The fourth-order valence-electron chi connectivity index (χ4n) is 1.92. The Bertz CT molecular complexity index is 340. The Hall–Kier alpha value is -1.32. The molecule has 1 aromatic rings. The van der Waals surface area contributed by atoms with Crippen LogP contribution in [0, 0.1) is 6.92 Å². The maximum atomic E-state index is 5.77. The molecule has 2 rings (SSSR count). The van der Waals surface area contributed by atoms with Crippen molar-refractivity contribution >= 4 is 11.6 Å². The van der Waals surface area contributed by atoms with E-state index in [2.05, 4.69) is 21.8 Å². The van der Waals surface area contributed by atoms with Crippen LogP contribution in [0.4, 0.5) is 11.6 Å². The maximum Gasteiger partial charge on any atom is 0.134 e. The lowest BCUT2D eigenvalue weighted by molar-refractivity contribution is 0.702. The van der Waals surface area contributed by atoms with Crippen LogP contribution in [0.2, 0.25) is 0 Å². The van der Waals surface area contributed by atoms with Gasteiger partial charge in [0, 0.05) is 18.7 Å². The first-order chi connectivity index (χ1) is 7.70. The van der Waals surface area contributed by atoms with Crippen molar-refractivity contribution in [3.05, 3.63) is 11.9 Å². The van der Waals surface area contributed by atoms with Gasteiger partial charge in [-0.25, -0.2) is 9.97 Å². The predicted octanol–water partition coefficient (Wildman–Crippen LogP) is 2.14. The van der Waals surface area contributed by atoms with Crippen molar-refractivity contribution in [1.82, 2.24) is 9.97 Å². The third-order valence-corrected chi connectivity index (χ3v) is 2.88. The van der Waals surface area contributed by atoms with Gasteiger partial charge in [-0.2, -0.15) is 0 Å². The number of nitrogen functional groups attached to an aromatic ring is 1. The molecule has 2 N–H and O–H groups in total. The van der Waals surface area contributed by atoms with Gasteiger partial charge in [0.1, 0.15) is 17.5 Å². The van der Waals surface area contributed by atoms with E-state index < -0.39 is 0 Å². The minimum atomic E-state index is 0.574. The Labute approximate surface area is 96.9 Å². The van der Waals surface area contributed by atoms with Gasteiger partial charge in [0.15, 0.2) is 0 Å². The van der Waals surface area contributed by atoms with Gasteiger partial charge in [0.25, 0.3) is 0 Å². The highest BCUT2D eigenvalue weighted by Crippen LogP contribution is 2.31. The first kappa shape index (κ1) is 11.2. The third kappa shape index (κ3) is 2.62. The average Bonchev–Trinajstić information content (AvgIpc) is 3.01. The van der Waals surface area contributed by atoms with Crippen molar-refractivity contribution in [3.63, 3.8) is 0 Å². The van der Waals surface area contributed by atoms with Crippen LogP contribution in [0.5, 0.6) is 0 Å². The van der Waals surface area contributed by atoms with Crippen molar-refractivity contribution in [2.75, 3.05) is 17.2 Å². The number of aromatic nitrogens is 2. The molecule has 0 aromatic carbocycles. The van der Waals surface area contributed by atoms with Crippen molar-refractivity contribution < 1.29 is 0 Å². The second-order valence-electron chi connectivity index (χ2n) is 4.48. The molecular weight excluding hydrogens is 200 g/mol. The first-order valence-corrected chi connectivity index (χ1v) is 6.08. The van der Waals surface area contributed by atoms with Gasteiger partial charge in [0.2, 0.25) is 0 Å². The molecular formula is C12H20N4. The summed E-state index contributed by atoms with van der Waals surface area (Å²) in [6.07, 6.45) is 4.99. The van der Waals surface area contributed by atoms with Gasteiger partial charge in [-0.1, -0.05) is 13.3 Å². The highest BCUT2D eigenvalue weighted by molar-refractivity contribution is 5.48. The summed E-state index contributed by atoms with van der Waals surface area (Å²) in [5.74, 6) is 2.34. The van der Waals surface area contributed by atoms with E-state index in [4.69, 9.17) is 5.73 Å². The van der Waals surface area contributed by atoms with E-state index in [0.29, 0.717) is 11.9 Å². The zero-order valence-electron chi connectivity index (χ0n) is 10.1. The number of nitrogens with zero attached hydrogens (tertiary/aromatic N) is 3. The van der Waals surface area contributed by atoms with Crippen LogP contribution < -0.4 is 10.6 Å². The number of nitrogens with two attached hydrogens (primary N) is 1. The Morgan fingerprint density at radius 2 is 2.19 bits per heavy atom. The molecule has 88 valence electrons. The SMILES string of the molecule is CCCCN(c1cc(N)nc(C)n1)C1CC1. The molecule has 0 unspecified atom stereocenters. The van der Waals surface area contributed by atoms with Gasteiger partial charge in [-0.15, -0.1) is 0 Å². The molecule has 1 aliphatic carbocycles. The number of anilines is 2. The summed E-state index contributed by atoms with van der Waals surface area (Å²) in [5.41, 5.74) is 5.77. The lowest BCUT2D eigenvalue weighted by Crippen LogP contribution is -2.28. The molecule has 0 radical (unpaired) electrons. The first-order valence-electron chi connectivity index (χ1n) is 6.08. The zero-order valence-corrected chi connectivity index (χ0v) is 10.1. The van der Waals surface area contributed by atoms with E-state index >= 15 is 0 Å². The molecule has 1 saturated carbocycles. The number of hydrogen-bond acceptors (Lipinski definition) is 4. The second-order valence-corrected chi connectivity index (χ2v) is 4.48.